The Balaban J connectivity index is 2.13. The molecule has 0 aromatic heterocycles. The van der Waals surface area contributed by atoms with Crippen molar-refractivity contribution < 1.29 is 9.18 Å². The number of carbonyl (C=O) groups excluding carboxylic acids is 1. The van der Waals surface area contributed by atoms with Crippen molar-refractivity contribution in [3.8, 4) is 0 Å². The van der Waals surface area contributed by atoms with Crippen LogP contribution in [0.1, 0.15) is 35.7 Å². The van der Waals surface area contributed by atoms with Crippen molar-refractivity contribution in [2.75, 3.05) is 19.6 Å². The zero-order chi connectivity index (χ0) is 14.5. The van der Waals surface area contributed by atoms with Crippen molar-refractivity contribution >= 4 is 5.91 Å². The highest BCUT2D eigenvalue weighted by atomic mass is 19.1. The highest BCUT2D eigenvalue weighted by molar-refractivity contribution is 5.92. The van der Waals surface area contributed by atoms with Crippen LogP contribution in [-0.4, -0.2) is 36.5 Å². The fourth-order valence-corrected chi connectivity index (χ4v) is 2.71. The highest BCUT2D eigenvalue weighted by Gasteiger charge is 2.21. The van der Waals surface area contributed by atoms with Gasteiger partial charge in [-0.05, 0) is 44.1 Å². The standard InChI is InChI=1S/C15H22FN3O/c1-2-19(13-4-3-7-18-9-13)10-12-8-11(15(17)20)5-6-14(12)16/h5-6,8,13,18H,2-4,7,9-10H2,1H3,(H2,17,20). The summed E-state index contributed by atoms with van der Waals surface area (Å²) < 4.78 is 13.9. The second kappa shape index (κ2) is 6.81. The van der Waals surface area contributed by atoms with Gasteiger partial charge in [-0.25, -0.2) is 4.39 Å². The van der Waals surface area contributed by atoms with Gasteiger partial charge in [0.2, 0.25) is 5.91 Å². The first-order valence-corrected chi connectivity index (χ1v) is 7.14. The van der Waals surface area contributed by atoms with Crippen LogP contribution in [0.5, 0.6) is 0 Å². The molecule has 1 heterocycles. The lowest BCUT2D eigenvalue weighted by Crippen LogP contribution is -2.45. The molecule has 3 N–H and O–H groups in total. The third-order valence-corrected chi connectivity index (χ3v) is 3.90. The van der Waals surface area contributed by atoms with Gasteiger partial charge >= 0.3 is 0 Å². The second-order valence-electron chi connectivity index (χ2n) is 5.23. The number of benzene rings is 1. The Morgan fingerprint density at radius 1 is 1.55 bits per heavy atom. The van der Waals surface area contributed by atoms with E-state index >= 15 is 0 Å². The molecule has 1 unspecified atom stereocenters. The molecule has 1 aromatic rings. The zero-order valence-corrected chi connectivity index (χ0v) is 11.9. The summed E-state index contributed by atoms with van der Waals surface area (Å²) in [5.74, 6) is -0.800. The SMILES string of the molecule is CCN(Cc1cc(C(N)=O)ccc1F)C1CCCNC1. The smallest absolute Gasteiger partial charge is 0.248 e. The number of likely N-dealkylation sites (N-methyl/N-ethyl adjacent to an activating group) is 1. The van der Waals surface area contributed by atoms with E-state index in [2.05, 4.69) is 17.1 Å². The van der Waals surface area contributed by atoms with Gasteiger partial charge in [0.15, 0.2) is 0 Å². The number of nitrogens with two attached hydrogens (primary N) is 1. The van der Waals surface area contributed by atoms with E-state index in [1.54, 1.807) is 6.07 Å². The normalized spacial score (nSPS) is 19.2. The zero-order valence-electron chi connectivity index (χ0n) is 11.9. The predicted octanol–water partition coefficient (Wildman–Crippen LogP) is 1.50. The van der Waals surface area contributed by atoms with E-state index in [9.17, 15) is 9.18 Å². The number of nitrogens with one attached hydrogen (secondary N) is 1. The fourth-order valence-electron chi connectivity index (χ4n) is 2.71. The van der Waals surface area contributed by atoms with Crippen LogP contribution in [0.2, 0.25) is 0 Å². The minimum atomic E-state index is -0.520. The number of hydrogen-bond donors (Lipinski definition) is 2. The summed E-state index contributed by atoms with van der Waals surface area (Å²) in [5, 5.41) is 3.37. The molecule has 20 heavy (non-hydrogen) atoms. The average Bonchev–Trinajstić information content (AvgIpc) is 2.47. The van der Waals surface area contributed by atoms with Crippen molar-refractivity contribution in [3.63, 3.8) is 0 Å². The van der Waals surface area contributed by atoms with E-state index in [4.69, 9.17) is 5.73 Å². The molecule has 0 saturated carbocycles. The lowest BCUT2D eigenvalue weighted by molar-refractivity contribution is 0.1000. The third kappa shape index (κ3) is 3.55. The maximum atomic E-state index is 13.9. The Labute approximate surface area is 119 Å². The summed E-state index contributed by atoms with van der Waals surface area (Å²) in [7, 11) is 0. The summed E-state index contributed by atoms with van der Waals surface area (Å²) in [6.45, 7) is 5.43. The largest absolute Gasteiger partial charge is 0.366 e. The molecule has 1 aliphatic heterocycles. The monoisotopic (exact) mass is 279 g/mol. The van der Waals surface area contributed by atoms with Crippen LogP contribution < -0.4 is 11.1 Å². The maximum absolute atomic E-state index is 13.9. The topological polar surface area (TPSA) is 58.4 Å². The number of hydrogen-bond acceptors (Lipinski definition) is 3. The van der Waals surface area contributed by atoms with Crippen molar-refractivity contribution in [2.45, 2.75) is 32.4 Å². The van der Waals surface area contributed by atoms with Gasteiger partial charge in [-0.2, -0.15) is 0 Å². The molecule has 110 valence electrons. The predicted molar refractivity (Wildman–Crippen MR) is 76.9 cm³/mol. The number of rotatable bonds is 5. The van der Waals surface area contributed by atoms with Crippen LogP contribution in [0.15, 0.2) is 18.2 Å². The Morgan fingerprint density at radius 3 is 2.95 bits per heavy atom. The van der Waals surface area contributed by atoms with Gasteiger partial charge in [0.05, 0.1) is 0 Å². The van der Waals surface area contributed by atoms with Gasteiger partial charge in [0.25, 0.3) is 0 Å². The molecule has 1 amide bonds. The number of halogens is 1. The fraction of sp³-hybridized carbons (Fsp3) is 0.533. The molecule has 1 aromatic carbocycles. The van der Waals surface area contributed by atoms with Crippen LogP contribution in [0, 0.1) is 5.82 Å². The number of carbonyl (C=O) groups is 1. The van der Waals surface area contributed by atoms with Crippen LogP contribution in [0.25, 0.3) is 0 Å². The molecule has 1 atom stereocenters. The molecule has 1 fully saturated rings. The minimum Gasteiger partial charge on any atom is -0.366 e. The minimum absolute atomic E-state index is 0.280. The van der Waals surface area contributed by atoms with Crippen molar-refractivity contribution in [2.24, 2.45) is 5.73 Å². The Hall–Kier alpha value is -1.46. The molecule has 2 rings (SSSR count). The van der Waals surface area contributed by atoms with E-state index in [1.165, 1.54) is 12.1 Å². The van der Waals surface area contributed by atoms with Gasteiger partial charge in [0, 0.05) is 30.3 Å². The second-order valence-corrected chi connectivity index (χ2v) is 5.23. The van der Waals surface area contributed by atoms with Gasteiger partial charge in [-0.3, -0.25) is 9.69 Å². The quantitative estimate of drug-likeness (QED) is 0.858. The summed E-state index contributed by atoms with van der Waals surface area (Å²) in [6, 6.07) is 4.74. The van der Waals surface area contributed by atoms with Gasteiger partial charge in [-0.15, -0.1) is 0 Å². The number of piperidine rings is 1. The van der Waals surface area contributed by atoms with Crippen LogP contribution in [0.3, 0.4) is 0 Å². The Bertz CT molecular complexity index is 472. The lowest BCUT2D eigenvalue weighted by atomic mass is 10.0. The Kier molecular flexibility index (Phi) is 5.09. The lowest BCUT2D eigenvalue weighted by Gasteiger charge is -2.34. The first kappa shape index (κ1) is 14.9. The molecule has 0 aliphatic carbocycles. The number of amides is 1. The van der Waals surface area contributed by atoms with Crippen LogP contribution in [0.4, 0.5) is 4.39 Å². The molecular weight excluding hydrogens is 257 g/mol. The summed E-state index contributed by atoms with van der Waals surface area (Å²) >= 11 is 0. The average molecular weight is 279 g/mol. The first-order valence-electron chi connectivity index (χ1n) is 7.14. The first-order chi connectivity index (χ1) is 9.61. The van der Waals surface area contributed by atoms with E-state index in [1.807, 2.05) is 0 Å². The van der Waals surface area contributed by atoms with Crippen molar-refractivity contribution in [1.29, 1.82) is 0 Å². The van der Waals surface area contributed by atoms with E-state index in [-0.39, 0.29) is 5.82 Å². The molecule has 0 bridgehead atoms. The Morgan fingerprint density at radius 2 is 2.35 bits per heavy atom. The molecule has 4 nitrogen and oxygen atoms in total. The summed E-state index contributed by atoms with van der Waals surface area (Å²) in [4.78, 5) is 13.4. The molecule has 1 aliphatic rings. The third-order valence-electron chi connectivity index (χ3n) is 3.90. The molecule has 5 heteroatoms. The van der Waals surface area contributed by atoms with Crippen molar-refractivity contribution in [3.05, 3.63) is 35.1 Å². The molecule has 0 radical (unpaired) electrons. The van der Waals surface area contributed by atoms with Gasteiger partial charge < -0.3 is 11.1 Å². The molecular formula is C15H22FN3O. The van der Waals surface area contributed by atoms with E-state index in [0.29, 0.717) is 23.7 Å². The van der Waals surface area contributed by atoms with Crippen molar-refractivity contribution in [1.82, 2.24) is 10.2 Å². The van der Waals surface area contributed by atoms with Crippen LogP contribution >= 0.6 is 0 Å². The summed E-state index contributed by atoms with van der Waals surface area (Å²) in [5.41, 5.74) is 6.15. The van der Waals surface area contributed by atoms with Gasteiger partial charge in [0.1, 0.15) is 5.82 Å². The number of primary amides is 1. The molecule has 1 saturated heterocycles. The van der Waals surface area contributed by atoms with E-state index in [0.717, 1.165) is 32.5 Å². The number of nitrogens with zero attached hydrogens (tertiary/aromatic N) is 1. The highest BCUT2D eigenvalue weighted by Crippen LogP contribution is 2.17. The van der Waals surface area contributed by atoms with Gasteiger partial charge in [-0.1, -0.05) is 6.92 Å². The molecule has 0 spiro atoms. The van der Waals surface area contributed by atoms with E-state index < -0.39 is 5.91 Å². The van der Waals surface area contributed by atoms with Crippen LogP contribution in [-0.2, 0) is 6.54 Å². The maximum Gasteiger partial charge on any atom is 0.248 e. The summed E-state index contributed by atoms with van der Waals surface area (Å²) in [6.07, 6.45) is 2.27.